The van der Waals surface area contributed by atoms with Crippen LogP contribution in [0.15, 0.2) is 24.3 Å². The number of amides is 3. The van der Waals surface area contributed by atoms with E-state index in [9.17, 15) is 14.4 Å². The molecule has 1 fully saturated rings. The summed E-state index contributed by atoms with van der Waals surface area (Å²) in [6.45, 7) is 2.77. The average Bonchev–Trinajstić information content (AvgIpc) is 2.54. The van der Waals surface area contributed by atoms with Crippen molar-refractivity contribution < 1.29 is 14.4 Å². The molecule has 4 N–H and O–H groups in total. The van der Waals surface area contributed by atoms with E-state index in [1.807, 2.05) is 0 Å². The van der Waals surface area contributed by atoms with Crippen LogP contribution in [0.1, 0.15) is 38.2 Å². The van der Waals surface area contributed by atoms with Gasteiger partial charge in [0.15, 0.2) is 0 Å². The Hall–Kier alpha value is -2.37. The molecule has 6 heteroatoms. The van der Waals surface area contributed by atoms with Gasteiger partial charge in [0, 0.05) is 12.2 Å². The molecule has 1 aliphatic rings. The maximum absolute atomic E-state index is 11.9. The van der Waals surface area contributed by atoms with Gasteiger partial charge in [0.2, 0.25) is 5.91 Å². The molecule has 0 saturated heterocycles. The Labute approximate surface area is 142 Å². The van der Waals surface area contributed by atoms with Crippen molar-refractivity contribution in [2.24, 2.45) is 17.6 Å². The lowest BCUT2D eigenvalue weighted by Gasteiger charge is -2.26. The van der Waals surface area contributed by atoms with Crippen LogP contribution < -0.4 is 16.4 Å². The number of carbonyl (C=O) groups is 3. The van der Waals surface area contributed by atoms with Crippen LogP contribution >= 0.6 is 0 Å². The highest BCUT2D eigenvalue weighted by Gasteiger charge is 2.21. The second kappa shape index (κ2) is 8.47. The molecule has 6 nitrogen and oxygen atoms in total. The van der Waals surface area contributed by atoms with Crippen LogP contribution in [-0.4, -0.2) is 24.3 Å². The molecule has 1 aromatic rings. The third kappa shape index (κ3) is 5.68. The molecule has 0 aliphatic heterocycles. The first kappa shape index (κ1) is 18.0. The van der Waals surface area contributed by atoms with E-state index in [0.717, 1.165) is 18.4 Å². The number of rotatable bonds is 5. The van der Waals surface area contributed by atoms with E-state index in [1.54, 1.807) is 24.3 Å². The topological polar surface area (TPSA) is 101 Å². The summed E-state index contributed by atoms with van der Waals surface area (Å²) in [4.78, 5) is 34.7. The fraction of sp³-hybridized carbons (Fsp3) is 0.500. The first-order valence-electron chi connectivity index (χ1n) is 8.40. The molecular formula is C18H25N3O3. The second-order valence-corrected chi connectivity index (χ2v) is 6.64. The van der Waals surface area contributed by atoms with Gasteiger partial charge in [-0.05, 0) is 42.4 Å². The molecule has 0 bridgehead atoms. The third-order valence-corrected chi connectivity index (χ3v) is 4.39. The van der Waals surface area contributed by atoms with Gasteiger partial charge in [0.05, 0.1) is 6.42 Å². The van der Waals surface area contributed by atoms with Crippen molar-refractivity contribution in [1.82, 2.24) is 5.32 Å². The number of nitrogens with one attached hydrogen (secondary N) is 2. The van der Waals surface area contributed by atoms with E-state index in [1.165, 1.54) is 12.8 Å². The molecular weight excluding hydrogens is 306 g/mol. The van der Waals surface area contributed by atoms with Gasteiger partial charge in [-0.3, -0.25) is 14.4 Å². The zero-order valence-electron chi connectivity index (χ0n) is 14.0. The normalized spacial score (nSPS) is 20.2. The Morgan fingerprint density at radius 3 is 2.46 bits per heavy atom. The number of anilines is 1. The highest BCUT2D eigenvalue weighted by molar-refractivity contribution is 6.39. The number of primary amides is 1. The molecule has 2 unspecified atom stereocenters. The predicted octanol–water partition coefficient (Wildman–Crippen LogP) is 1.60. The zero-order valence-corrected chi connectivity index (χ0v) is 14.0. The van der Waals surface area contributed by atoms with Crippen molar-refractivity contribution in [1.29, 1.82) is 0 Å². The highest BCUT2D eigenvalue weighted by Crippen LogP contribution is 2.27. The van der Waals surface area contributed by atoms with Crippen LogP contribution in [0.5, 0.6) is 0 Å². The minimum absolute atomic E-state index is 0.147. The fourth-order valence-electron chi connectivity index (χ4n) is 3.16. The maximum Gasteiger partial charge on any atom is 0.313 e. The Bertz CT molecular complexity index is 598. The fourth-order valence-corrected chi connectivity index (χ4v) is 3.16. The SMILES string of the molecule is CC1CCCC(CNC(=O)C(=O)Nc2ccc(CC(N)=O)cc2)C1. The van der Waals surface area contributed by atoms with Crippen LogP contribution in [0.4, 0.5) is 5.69 Å². The Morgan fingerprint density at radius 2 is 1.83 bits per heavy atom. The van der Waals surface area contributed by atoms with Crippen LogP contribution in [0.2, 0.25) is 0 Å². The summed E-state index contributed by atoms with van der Waals surface area (Å²) in [5.74, 6) is -0.564. The molecule has 24 heavy (non-hydrogen) atoms. The molecule has 1 aliphatic carbocycles. The van der Waals surface area contributed by atoms with Gasteiger partial charge in [-0.15, -0.1) is 0 Å². The molecule has 0 spiro atoms. The number of hydrogen-bond acceptors (Lipinski definition) is 3. The van der Waals surface area contributed by atoms with E-state index >= 15 is 0 Å². The van der Waals surface area contributed by atoms with Crippen molar-refractivity contribution in [3.05, 3.63) is 29.8 Å². The van der Waals surface area contributed by atoms with E-state index in [2.05, 4.69) is 17.6 Å². The highest BCUT2D eigenvalue weighted by atomic mass is 16.2. The first-order chi connectivity index (χ1) is 11.4. The van der Waals surface area contributed by atoms with Crippen molar-refractivity contribution in [2.75, 3.05) is 11.9 Å². The smallest absolute Gasteiger partial charge is 0.313 e. The molecule has 0 heterocycles. The number of nitrogens with two attached hydrogens (primary N) is 1. The standard InChI is InChI=1S/C18H25N3O3/c1-12-3-2-4-14(9-12)11-20-17(23)18(24)21-15-7-5-13(6-8-15)10-16(19)22/h5-8,12,14H,2-4,9-11H2,1H3,(H2,19,22)(H,20,23)(H,21,24). The Balaban J connectivity index is 1.78. The lowest BCUT2D eigenvalue weighted by molar-refractivity contribution is -0.136. The van der Waals surface area contributed by atoms with Crippen LogP contribution in [0.3, 0.4) is 0 Å². The lowest BCUT2D eigenvalue weighted by atomic mass is 9.82. The maximum atomic E-state index is 11.9. The largest absolute Gasteiger partial charge is 0.369 e. The van der Waals surface area contributed by atoms with Gasteiger partial charge in [0.25, 0.3) is 0 Å². The minimum atomic E-state index is -0.679. The molecule has 2 rings (SSSR count). The zero-order chi connectivity index (χ0) is 17.5. The Kier molecular flexibility index (Phi) is 6.35. The first-order valence-corrected chi connectivity index (χ1v) is 8.40. The van der Waals surface area contributed by atoms with E-state index in [0.29, 0.717) is 24.1 Å². The number of benzene rings is 1. The summed E-state index contributed by atoms with van der Waals surface area (Å²) in [6.07, 6.45) is 4.79. The van der Waals surface area contributed by atoms with Gasteiger partial charge in [-0.1, -0.05) is 31.9 Å². The molecule has 2 atom stereocenters. The molecule has 0 aromatic heterocycles. The molecule has 1 saturated carbocycles. The summed E-state index contributed by atoms with van der Waals surface area (Å²) in [5, 5.41) is 5.27. The average molecular weight is 331 g/mol. The van der Waals surface area contributed by atoms with Gasteiger partial charge in [-0.2, -0.15) is 0 Å². The van der Waals surface area contributed by atoms with Crippen molar-refractivity contribution in [3.8, 4) is 0 Å². The Morgan fingerprint density at radius 1 is 1.12 bits per heavy atom. The van der Waals surface area contributed by atoms with Gasteiger partial charge < -0.3 is 16.4 Å². The molecule has 130 valence electrons. The van der Waals surface area contributed by atoms with E-state index in [4.69, 9.17) is 5.73 Å². The van der Waals surface area contributed by atoms with Gasteiger partial charge in [-0.25, -0.2) is 0 Å². The van der Waals surface area contributed by atoms with Crippen LogP contribution in [0, 0.1) is 11.8 Å². The lowest BCUT2D eigenvalue weighted by Crippen LogP contribution is -2.38. The number of carbonyl (C=O) groups excluding carboxylic acids is 3. The number of hydrogen-bond donors (Lipinski definition) is 3. The summed E-state index contributed by atoms with van der Waals surface area (Å²) in [7, 11) is 0. The van der Waals surface area contributed by atoms with Gasteiger partial charge in [0.1, 0.15) is 0 Å². The predicted molar refractivity (Wildman–Crippen MR) is 92.1 cm³/mol. The molecule has 3 amide bonds. The van der Waals surface area contributed by atoms with Crippen molar-refractivity contribution in [2.45, 2.75) is 39.0 Å². The van der Waals surface area contributed by atoms with Crippen LogP contribution in [0.25, 0.3) is 0 Å². The monoisotopic (exact) mass is 331 g/mol. The van der Waals surface area contributed by atoms with E-state index < -0.39 is 17.7 Å². The quantitative estimate of drug-likeness (QED) is 0.714. The molecule has 1 aromatic carbocycles. The minimum Gasteiger partial charge on any atom is -0.369 e. The van der Waals surface area contributed by atoms with Crippen molar-refractivity contribution >= 4 is 23.4 Å². The third-order valence-electron chi connectivity index (χ3n) is 4.39. The summed E-state index contributed by atoms with van der Waals surface area (Å²) in [5.41, 5.74) is 6.39. The summed E-state index contributed by atoms with van der Waals surface area (Å²) >= 11 is 0. The second-order valence-electron chi connectivity index (χ2n) is 6.64. The van der Waals surface area contributed by atoms with E-state index in [-0.39, 0.29) is 6.42 Å². The summed E-state index contributed by atoms with van der Waals surface area (Å²) in [6, 6.07) is 6.68. The van der Waals surface area contributed by atoms with Crippen LogP contribution in [-0.2, 0) is 20.8 Å². The summed E-state index contributed by atoms with van der Waals surface area (Å²) < 4.78 is 0. The van der Waals surface area contributed by atoms with Crippen molar-refractivity contribution in [3.63, 3.8) is 0 Å². The molecule has 0 radical (unpaired) electrons. The van der Waals surface area contributed by atoms with Gasteiger partial charge >= 0.3 is 11.8 Å².